The summed E-state index contributed by atoms with van der Waals surface area (Å²) < 4.78 is 5.04. The van der Waals surface area contributed by atoms with Crippen LogP contribution in [0.4, 0.5) is 0 Å². The first-order valence-electron chi connectivity index (χ1n) is 12.5. The van der Waals surface area contributed by atoms with E-state index in [0.717, 1.165) is 6.42 Å². The van der Waals surface area contributed by atoms with E-state index in [0.29, 0.717) is 0 Å². The fraction of sp³-hybridized carbons (Fsp3) is 0.808. The molecule has 0 heterocycles. The van der Waals surface area contributed by atoms with Crippen molar-refractivity contribution in [1.82, 2.24) is 0 Å². The first-order valence-corrected chi connectivity index (χ1v) is 12.5. The molecule has 5 nitrogen and oxygen atoms in total. The Labute approximate surface area is 190 Å². The van der Waals surface area contributed by atoms with Gasteiger partial charge >= 0.3 is 5.97 Å². The molecule has 0 radical (unpaired) electrons. The smallest absolute Gasteiger partial charge is 0.330 e. The summed E-state index contributed by atoms with van der Waals surface area (Å²) in [5.74, 6) is -0.465. The Hall–Kier alpha value is -1.17. The van der Waals surface area contributed by atoms with Gasteiger partial charge in [0.25, 0.3) is 0 Å². The second kappa shape index (κ2) is 22.0. The van der Waals surface area contributed by atoms with E-state index in [1.165, 1.54) is 89.5 Å². The number of unbranched alkanes of at least 4 members (excludes halogenated alkanes) is 13. The van der Waals surface area contributed by atoms with Gasteiger partial charge in [0.15, 0.2) is 0 Å². The topological polar surface area (TPSA) is 87.0 Å². The van der Waals surface area contributed by atoms with Crippen molar-refractivity contribution in [3.63, 3.8) is 0 Å². The largest absolute Gasteiger partial charge is 0.463 e. The summed E-state index contributed by atoms with van der Waals surface area (Å²) in [5, 5.41) is 27.7. The average molecular weight is 441 g/mol. The molecule has 0 aliphatic heterocycles. The van der Waals surface area contributed by atoms with Crippen LogP contribution in [-0.2, 0) is 9.53 Å². The molecule has 0 aromatic heterocycles. The van der Waals surface area contributed by atoms with Gasteiger partial charge in [-0.25, -0.2) is 4.79 Å². The number of allylic oxidation sites excluding steroid dienone is 3. The quantitative estimate of drug-likeness (QED) is 0.0898. The van der Waals surface area contributed by atoms with E-state index >= 15 is 0 Å². The molecule has 182 valence electrons. The maximum atomic E-state index is 11.6. The van der Waals surface area contributed by atoms with Gasteiger partial charge in [0.2, 0.25) is 0 Å². The van der Waals surface area contributed by atoms with Gasteiger partial charge in [-0.05, 0) is 19.3 Å². The second-order valence-corrected chi connectivity index (χ2v) is 8.71. The molecule has 0 aliphatic rings. The lowest BCUT2D eigenvalue weighted by Crippen LogP contribution is -2.35. The van der Waals surface area contributed by atoms with Crippen molar-refractivity contribution in [2.75, 3.05) is 26.4 Å². The van der Waals surface area contributed by atoms with Crippen molar-refractivity contribution in [2.45, 2.75) is 103 Å². The highest BCUT2D eigenvalue weighted by molar-refractivity contribution is 5.82. The third-order valence-corrected chi connectivity index (χ3v) is 5.84. The molecular formula is C26H48O5. The molecule has 31 heavy (non-hydrogen) atoms. The predicted molar refractivity (Wildman–Crippen MR) is 128 cm³/mol. The van der Waals surface area contributed by atoms with Crippen LogP contribution in [0.1, 0.15) is 103 Å². The zero-order chi connectivity index (χ0) is 23.0. The number of esters is 1. The number of hydrogen-bond acceptors (Lipinski definition) is 5. The van der Waals surface area contributed by atoms with Crippen LogP contribution in [-0.4, -0.2) is 47.7 Å². The van der Waals surface area contributed by atoms with E-state index in [1.54, 1.807) is 6.08 Å². The second-order valence-electron chi connectivity index (χ2n) is 8.71. The molecular weight excluding hydrogens is 392 g/mol. The van der Waals surface area contributed by atoms with Crippen molar-refractivity contribution in [3.8, 4) is 0 Å². The fourth-order valence-electron chi connectivity index (χ4n) is 3.39. The van der Waals surface area contributed by atoms with Crippen molar-refractivity contribution in [3.05, 3.63) is 24.3 Å². The number of rotatable bonds is 22. The molecule has 0 aliphatic carbocycles. The monoisotopic (exact) mass is 440 g/mol. The lowest BCUT2D eigenvalue weighted by Gasteiger charge is -2.26. The molecule has 0 aromatic rings. The Bertz CT molecular complexity index is 446. The summed E-state index contributed by atoms with van der Waals surface area (Å²) in [6.45, 7) is 1.26. The van der Waals surface area contributed by atoms with Crippen LogP contribution >= 0.6 is 0 Å². The summed E-state index contributed by atoms with van der Waals surface area (Å²) in [4.78, 5) is 11.6. The molecule has 0 aromatic carbocycles. The van der Waals surface area contributed by atoms with Gasteiger partial charge in [-0.2, -0.15) is 0 Å². The number of ether oxygens (including phenoxy) is 1. The molecule has 0 amide bonds. The highest BCUT2D eigenvalue weighted by Crippen LogP contribution is 2.19. The molecule has 0 rings (SSSR count). The number of hydrogen-bond donors (Lipinski definition) is 3. The molecule has 0 fully saturated rings. The molecule has 0 spiro atoms. The summed E-state index contributed by atoms with van der Waals surface area (Å²) in [6, 6.07) is 0. The van der Waals surface area contributed by atoms with E-state index in [9.17, 15) is 20.1 Å². The van der Waals surface area contributed by atoms with Crippen molar-refractivity contribution >= 4 is 5.97 Å². The first kappa shape index (κ1) is 29.8. The van der Waals surface area contributed by atoms with E-state index in [4.69, 9.17) is 4.74 Å². The van der Waals surface area contributed by atoms with Crippen LogP contribution < -0.4 is 0 Å². The number of carbonyl (C=O) groups is 1. The van der Waals surface area contributed by atoms with Gasteiger partial charge in [-0.15, -0.1) is 0 Å². The summed E-state index contributed by atoms with van der Waals surface area (Å²) in [6.07, 6.45) is 25.8. The number of carbonyl (C=O) groups excluding carboxylic acids is 1. The van der Waals surface area contributed by atoms with Crippen LogP contribution in [0.3, 0.4) is 0 Å². The van der Waals surface area contributed by atoms with Crippen LogP contribution in [0.5, 0.6) is 0 Å². The van der Waals surface area contributed by atoms with Crippen molar-refractivity contribution < 1.29 is 24.9 Å². The zero-order valence-electron chi connectivity index (χ0n) is 19.9. The minimum atomic E-state index is -1.00. The Kier molecular flexibility index (Phi) is 21.2. The third kappa shape index (κ3) is 18.1. The third-order valence-electron chi connectivity index (χ3n) is 5.84. The van der Waals surface area contributed by atoms with Crippen LogP contribution in [0.2, 0.25) is 0 Å². The Morgan fingerprint density at radius 1 is 0.742 bits per heavy atom. The van der Waals surface area contributed by atoms with E-state index in [1.807, 2.05) is 6.08 Å². The minimum Gasteiger partial charge on any atom is -0.463 e. The van der Waals surface area contributed by atoms with Gasteiger partial charge < -0.3 is 20.1 Å². The molecule has 0 unspecified atom stereocenters. The summed E-state index contributed by atoms with van der Waals surface area (Å²) in [5.41, 5.74) is -1.00. The van der Waals surface area contributed by atoms with E-state index < -0.39 is 11.4 Å². The Morgan fingerprint density at radius 2 is 1.23 bits per heavy atom. The zero-order valence-corrected chi connectivity index (χ0v) is 19.9. The molecule has 0 bridgehead atoms. The highest BCUT2D eigenvalue weighted by atomic mass is 16.5. The van der Waals surface area contributed by atoms with Gasteiger partial charge in [-0.3, -0.25) is 0 Å². The standard InChI is InChI=1S/C26H48O5/c1-2-3-4-5-6-7-8-9-10-11-12-13-14-15-16-17-18-19-25(30)31-21-20-26(22-27,23-28)24-29/h16-19,27-29H,2-15,20-24H2,1H3. The molecule has 5 heteroatoms. The molecule has 0 atom stereocenters. The Balaban J connectivity index is 3.52. The Morgan fingerprint density at radius 3 is 1.71 bits per heavy atom. The number of aliphatic hydroxyl groups is 3. The fourth-order valence-corrected chi connectivity index (χ4v) is 3.39. The van der Waals surface area contributed by atoms with Crippen LogP contribution in [0.15, 0.2) is 24.3 Å². The van der Waals surface area contributed by atoms with E-state index in [-0.39, 0.29) is 32.8 Å². The van der Waals surface area contributed by atoms with Crippen LogP contribution in [0, 0.1) is 5.41 Å². The van der Waals surface area contributed by atoms with Gasteiger partial charge in [0, 0.05) is 11.5 Å². The number of aliphatic hydroxyl groups excluding tert-OH is 3. The SMILES string of the molecule is CCCCCCCCCCCCCCCC=CC=CC(=O)OCCC(CO)(CO)CO. The van der Waals surface area contributed by atoms with Gasteiger partial charge in [-0.1, -0.05) is 102 Å². The van der Waals surface area contributed by atoms with Crippen molar-refractivity contribution in [1.29, 1.82) is 0 Å². The maximum Gasteiger partial charge on any atom is 0.330 e. The molecule has 0 saturated carbocycles. The minimum absolute atomic E-state index is 0.0491. The molecule has 0 saturated heterocycles. The summed E-state index contributed by atoms with van der Waals surface area (Å²) in [7, 11) is 0. The average Bonchev–Trinajstić information content (AvgIpc) is 2.79. The molecule has 3 N–H and O–H groups in total. The summed E-state index contributed by atoms with van der Waals surface area (Å²) >= 11 is 0. The maximum absolute atomic E-state index is 11.6. The first-order chi connectivity index (χ1) is 15.1. The highest BCUT2D eigenvalue weighted by Gasteiger charge is 2.28. The van der Waals surface area contributed by atoms with Gasteiger partial charge in [0.1, 0.15) is 0 Å². The van der Waals surface area contributed by atoms with Crippen LogP contribution in [0.25, 0.3) is 0 Å². The van der Waals surface area contributed by atoms with Crippen molar-refractivity contribution in [2.24, 2.45) is 5.41 Å². The lowest BCUT2D eigenvalue weighted by atomic mass is 9.88. The van der Waals surface area contributed by atoms with E-state index in [2.05, 4.69) is 13.0 Å². The van der Waals surface area contributed by atoms with Gasteiger partial charge in [0.05, 0.1) is 26.4 Å². The normalized spacial score (nSPS) is 12.3. The lowest BCUT2D eigenvalue weighted by molar-refractivity contribution is -0.139. The predicted octanol–water partition coefficient (Wildman–Crippen LogP) is 5.48.